The first-order chi connectivity index (χ1) is 7.57. The molecule has 0 amide bonds. The SMILES string of the molecule is C=C(CCCCNCC(C)CCC)C(C)C. The second-order valence-corrected chi connectivity index (χ2v) is 5.37. The van der Waals surface area contributed by atoms with Crippen LogP contribution < -0.4 is 5.32 Å². The Morgan fingerprint density at radius 2 is 1.88 bits per heavy atom. The molecule has 1 unspecified atom stereocenters. The summed E-state index contributed by atoms with van der Waals surface area (Å²) in [6.45, 7) is 15.5. The third kappa shape index (κ3) is 8.96. The van der Waals surface area contributed by atoms with Gasteiger partial charge in [-0.15, -0.1) is 0 Å². The van der Waals surface area contributed by atoms with Crippen LogP contribution in [0.1, 0.15) is 59.8 Å². The summed E-state index contributed by atoms with van der Waals surface area (Å²) in [6, 6.07) is 0. The summed E-state index contributed by atoms with van der Waals surface area (Å²) in [7, 11) is 0. The fourth-order valence-corrected chi connectivity index (χ4v) is 1.83. The first-order valence-corrected chi connectivity index (χ1v) is 6.96. The summed E-state index contributed by atoms with van der Waals surface area (Å²) in [4.78, 5) is 0. The van der Waals surface area contributed by atoms with Gasteiger partial charge in [-0.05, 0) is 50.6 Å². The van der Waals surface area contributed by atoms with Crippen molar-refractivity contribution in [1.29, 1.82) is 0 Å². The molecule has 0 saturated heterocycles. The molecule has 96 valence electrons. The highest BCUT2D eigenvalue weighted by molar-refractivity contribution is 4.96. The molecule has 0 rings (SSSR count). The lowest BCUT2D eigenvalue weighted by atomic mass is 9.99. The van der Waals surface area contributed by atoms with E-state index in [1.54, 1.807) is 0 Å². The van der Waals surface area contributed by atoms with Crippen LogP contribution in [0.25, 0.3) is 0 Å². The van der Waals surface area contributed by atoms with Crippen molar-refractivity contribution in [1.82, 2.24) is 5.32 Å². The zero-order valence-corrected chi connectivity index (χ0v) is 11.8. The van der Waals surface area contributed by atoms with Crippen molar-refractivity contribution >= 4 is 0 Å². The lowest BCUT2D eigenvalue weighted by molar-refractivity contribution is 0.469. The molecule has 0 aromatic rings. The molecule has 0 heterocycles. The van der Waals surface area contributed by atoms with Crippen LogP contribution in [0.4, 0.5) is 0 Å². The van der Waals surface area contributed by atoms with E-state index in [4.69, 9.17) is 0 Å². The number of hydrogen-bond donors (Lipinski definition) is 1. The predicted octanol–water partition coefficient (Wildman–Crippen LogP) is 4.39. The van der Waals surface area contributed by atoms with E-state index in [9.17, 15) is 0 Å². The van der Waals surface area contributed by atoms with Crippen LogP contribution in [0.15, 0.2) is 12.2 Å². The Morgan fingerprint density at radius 3 is 2.44 bits per heavy atom. The van der Waals surface area contributed by atoms with Crippen LogP contribution in [0.2, 0.25) is 0 Å². The van der Waals surface area contributed by atoms with Gasteiger partial charge in [-0.1, -0.05) is 46.3 Å². The minimum Gasteiger partial charge on any atom is -0.316 e. The standard InChI is InChI=1S/C15H31N/c1-6-9-14(4)12-16-11-8-7-10-15(5)13(2)3/h13-14,16H,5-12H2,1-4H3. The molecule has 0 aliphatic heterocycles. The lowest BCUT2D eigenvalue weighted by Gasteiger charge is -2.12. The molecule has 0 fully saturated rings. The summed E-state index contributed by atoms with van der Waals surface area (Å²) < 4.78 is 0. The maximum atomic E-state index is 4.10. The average molecular weight is 225 g/mol. The van der Waals surface area contributed by atoms with E-state index in [0.717, 1.165) is 5.92 Å². The van der Waals surface area contributed by atoms with Crippen molar-refractivity contribution in [2.45, 2.75) is 59.8 Å². The minimum absolute atomic E-state index is 0.650. The van der Waals surface area contributed by atoms with Crippen molar-refractivity contribution in [3.63, 3.8) is 0 Å². The molecule has 1 atom stereocenters. The second-order valence-electron chi connectivity index (χ2n) is 5.37. The Balaban J connectivity index is 3.24. The van der Waals surface area contributed by atoms with Crippen LogP contribution in [0, 0.1) is 11.8 Å². The highest BCUT2D eigenvalue weighted by Gasteiger charge is 2.01. The number of rotatable bonds is 10. The summed E-state index contributed by atoms with van der Waals surface area (Å²) in [6.07, 6.45) is 6.41. The Hall–Kier alpha value is -0.300. The third-order valence-corrected chi connectivity index (χ3v) is 3.19. The van der Waals surface area contributed by atoms with E-state index < -0.39 is 0 Å². The average Bonchev–Trinajstić information content (AvgIpc) is 2.23. The van der Waals surface area contributed by atoms with Crippen LogP contribution in [-0.4, -0.2) is 13.1 Å². The van der Waals surface area contributed by atoms with E-state index >= 15 is 0 Å². The zero-order chi connectivity index (χ0) is 12.4. The number of hydrogen-bond acceptors (Lipinski definition) is 1. The Labute approximate surface area is 103 Å². The van der Waals surface area contributed by atoms with E-state index in [2.05, 4.69) is 39.6 Å². The number of unbranched alkanes of at least 4 members (excludes halogenated alkanes) is 1. The highest BCUT2D eigenvalue weighted by atomic mass is 14.8. The number of allylic oxidation sites excluding steroid dienone is 1. The summed E-state index contributed by atoms with van der Waals surface area (Å²) in [5.41, 5.74) is 1.40. The molecule has 0 aliphatic rings. The topological polar surface area (TPSA) is 12.0 Å². The maximum absolute atomic E-state index is 4.10. The number of nitrogens with one attached hydrogen (secondary N) is 1. The highest BCUT2D eigenvalue weighted by Crippen LogP contribution is 2.14. The van der Waals surface area contributed by atoms with Gasteiger partial charge in [-0.2, -0.15) is 0 Å². The van der Waals surface area contributed by atoms with Gasteiger partial charge >= 0.3 is 0 Å². The molecule has 0 radical (unpaired) electrons. The van der Waals surface area contributed by atoms with Gasteiger partial charge in [0.15, 0.2) is 0 Å². The first-order valence-electron chi connectivity index (χ1n) is 6.96. The molecule has 0 spiro atoms. The monoisotopic (exact) mass is 225 g/mol. The molecule has 0 aliphatic carbocycles. The van der Waals surface area contributed by atoms with E-state index in [1.165, 1.54) is 50.8 Å². The van der Waals surface area contributed by atoms with E-state index in [1.807, 2.05) is 0 Å². The van der Waals surface area contributed by atoms with Gasteiger partial charge in [0.2, 0.25) is 0 Å². The van der Waals surface area contributed by atoms with E-state index in [-0.39, 0.29) is 0 Å². The van der Waals surface area contributed by atoms with Gasteiger partial charge in [-0.3, -0.25) is 0 Å². The van der Waals surface area contributed by atoms with Crippen molar-refractivity contribution in [2.75, 3.05) is 13.1 Å². The fourth-order valence-electron chi connectivity index (χ4n) is 1.83. The predicted molar refractivity (Wildman–Crippen MR) is 74.8 cm³/mol. The normalized spacial score (nSPS) is 13.1. The fraction of sp³-hybridized carbons (Fsp3) is 0.867. The molecule has 1 heteroatoms. The van der Waals surface area contributed by atoms with Gasteiger partial charge in [0.25, 0.3) is 0 Å². The van der Waals surface area contributed by atoms with Crippen molar-refractivity contribution in [3.05, 3.63) is 12.2 Å². The maximum Gasteiger partial charge on any atom is -0.00232 e. The largest absolute Gasteiger partial charge is 0.316 e. The molecule has 1 nitrogen and oxygen atoms in total. The molecule has 0 aromatic carbocycles. The van der Waals surface area contributed by atoms with E-state index in [0.29, 0.717) is 5.92 Å². The zero-order valence-electron chi connectivity index (χ0n) is 11.8. The molecule has 16 heavy (non-hydrogen) atoms. The quantitative estimate of drug-likeness (QED) is 0.429. The Morgan fingerprint density at radius 1 is 1.19 bits per heavy atom. The molecule has 0 saturated carbocycles. The van der Waals surface area contributed by atoms with Crippen LogP contribution in [-0.2, 0) is 0 Å². The van der Waals surface area contributed by atoms with Crippen molar-refractivity contribution < 1.29 is 0 Å². The van der Waals surface area contributed by atoms with Gasteiger partial charge in [-0.25, -0.2) is 0 Å². The van der Waals surface area contributed by atoms with Crippen LogP contribution in [0.5, 0.6) is 0 Å². The molecular formula is C15H31N. The smallest absolute Gasteiger partial charge is 0.00232 e. The minimum atomic E-state index is 0.650. The second kappa shape index (κ2) is 9.89. The van der Waals surface area contributed by atoms with Gasteiger partial charge < -0.3 is 5.32 Å². The van der Waals surface area contributed by atoms with Crippen LogP contribution >= 0.6 is 0 Å². The van der Waals surface area contributed by atoms with Crippen molar-refractivity contribution in [3.8, 4) is 0 Å². The Bertz CT molecular complexity index is 172. The molecule has 0 aromatic heterocycles. The summed E-state index contributed by atoms with van der Waals surface area (Å²) >= 11 is 0. The summed E-state index contributed by atoms with van der Waals surface area (Å²) in [5, 5.41) is 3.54. The lowest BCUT2D eigenvalue weighted by Crippen LogP contribution is -2.22. The van der Waals surface area contributed by atoms with Crippen molar-refractivity contribution in [2.24, 2.45) is 11.8 Å². The Kier molecular flexibility index (Phi) is 9.71. The van der Waals surface area contributed by atoms with Gasteiger partial charge in [0, 0.05) is 0 Å². The first kappa shape index (κ1) is 15.7. The summed E-state index contributed by atoms with van der Waals surface area (Å²) in [5.74, 6) is 1.48. The molecular weight excluding hydrogens is 194 g/mol. The van der Waals surface area contributed by atoms with Gasteiger partial charge in [0.05, 0.1) is 0 Å². The molecule has 1 N–H and O–H groups in total. The third-order valence-electron chi connectivity index (χ3n) is 3.19. The van der Waals surface area contributed by atoms with Crippen LogP contribution in [0.3, 0.4) is 0 Å². The molecule has 0 bridgehead atoms. The van der Waals surface area contributed by atoms with Gasteiger partial charge in [0.1, 0.15) is 0 Å².